The summed E-state index contributed by atoms with van der Waals surface area (Å²) in [5, 5.41) is 3.97. The van der Waals surface area contributed by atoms with Crippen LogP contribution in [0.2, 0.25) is 0 Å². The number of hydrazone groups is 1. The lowest BCUT2D eigenvalue weighted by Crippen LogP contribution is -2.15. The van der Waals surface area contributed by atoms with Crippen LogP contribution >= 0.6 is 0 Å². The number of hydrogen-bond donors (Lipinski definition) is 1. The Balaban J connectivity index is 2.21. The first-order valence-electron chi connectivity index (χ1n) is 3.97. The third-order valence-electron chi connectivity index (χ3n) is 1.84. The van der Waals surface area contributed by atoms with E-state index in [9.17, 15) is 0 Å². The molecule has 0 spiro atoms. The lowest BCUT2D eigenvalue weighted by atomic mass is 10.1. The molecular weight excluding hydrogens is 148 g/mol. The SMILES string of the molecule is C1=CC(c2ccccc2)NN=C1. The molecule has 1 aliphatic heterocycles. The molecule has 2 nitrogen and oxygen atoms in total. The maximum absolute atomic E-state index is 3.97. The van der Waals surface area contributed by atoms with E-state index in [1.165, 1.54) is 5.56 Å². The molecule has 1 aliphatic rings. The van der Waals surface area contributed by atoms with Crippen LogP contribution in [-0.2, 0) is 0 Å². The van der Waals surface area contributed by atoms with Gasteiger partial charge >= 0.3 is 0 Å². The Morgan fingerprint density at radius 3 is 2.67 bits per heavy atom. The van der Waals surface area contributed by atoms with E-state index in [0.29, 0.717) is 0 Å². The molecule has 0 saturated heterocycles. The summed E-state index contributed by atoms with van der Waals surface area (Å²) in [7, 11) is 0. The Morgan fingerprint density at radius 1 is 1.17 bits per heavy atom. The Kier molecular flexibility index (Phi) is 1.90. The minimum atomic E-state index is 0.233. The zero-order valence-corrected chi connectivity index (χ0v) is 6.64. The van der Waals surface area contributed by atoms with Crippen LogP contribution in [0.3, 0.4) is 0 Å². The van der Waals surface area contributed by atoms with Crippen LogP contribution < -0.4 is 5.43 Å². The number of hydrogen-bond acceptors (Lipinski definition) is 2. The molecule has 2 heteroatoms. The Bertz CT molecular complexity index is 301. The normalized spacial score (nSPS) is 20.5. The van der Waals surface area contributed by atoms with Crippen LogP contribution in [0.4, 0.5) is 0 Å². The molecule has 1 aromatic rings. The van der Waals surface area contributed by atoms with Crippen molar-refractivity contribution in [2.75, 3.05) is 0 Å². The van der Waals surface area contributed by atoms with Gasteiger partial charge in [-0.15, -0.1) is 0 Å². The number of allylic oxidation sites excluding steroid dienone is 1. The van der Waals surface area contributed by atoms with E-state index in [4.69, 9.17) is 0 Å². The zero-order valence-electron chi connectivity index (χ0n) is 6.64. The van der Waals surface area contributed by atoms with Crippen LogP contribution in [0, 0.1) is 0 Å². The Morgan fingerprint density at radius 2 is 2.00 bits per heavy atom. The Hall–Kier alpha value is -1.57. The zero-order chi connectivity index (χ0) is 8.23. The minimum absolute atomic E-state index is 0.233. The van der Waals surface area contributed by atoms with Gasteiger partial charge in [-0.05, 0) is 11.6 Å². The summed E-state index contributed by atoms with van der Waals surface area (Å²) < 4.78 is 0. The highest BCUT2D eigenvalue weighted by Gasteiger charge is 2.05. The van der Waals surface area contributed by atoms with Gasteiger partial charge in [-0.1, -0.05) is 36.4 Å². The molecule has 12 heavy (non-hydrogen) atoms. The second-order valence-electron chi connectivity index (χ2n) is 2.68. The summed E-state index contributed by atoms with van der Waals surface area (Å²) in [5.41, 5.74) is 4.26. The molecule has 1 atom stereocenters. The van der Waals surface area contributed by atoms with Crippen molar-refractivity contribution in [2.45, 2.75) is 6.04 Å². The molecule has 60 valence electrons. The highest BCUT2D eigenvalue weighted by atomic mass is 15.3. The van der Waals surface area contributed by atoms with Gasteiger partial charge in [0.25, 0.3) is 0 Å². The highest BCUT2D eigenvalue weighted by molar-refractivity contribution is 5.71. The fourth-order valence-corrected chi connectivity index (χ4v) is 1.22. The van der Waals surface area contributed by atoms with Gasteiger partial charge < -0.3 is 0 Å². The highest BCUT2D eigenvalue weighted by Crippen LogP contribution is 2.14. The average Bonchev–Trinajstić information content (AvgIpc) is 2.21. The summed E-state index contributed by atoms with van der Waals surface area (Å²) in [5.74, 6) is 0. The summed E-state index contributed by atoms with van der Waals surface area (Å²) in [6.07, 6.45) is 5.79. The predicted molar refractivity (Wildman–Crippen MR) is 50.0 cm³/mol. The van der Waals surface area contributed by atoms with Gasteiger partial charge in [-0.25, -0.2) is 0 Å². The smallest absolute Gasteiger partial charge is 0.0874 e. The predicted octanol–water partition coefficient (Wildman–Crippen LogP) is 1.87. The van der Waals surface area contributed by atoms with Crippen LogP contribution in [0.25, 0.3) is 0 Å². The Labute approximate surface area is 71.6 Å². The molecule has 1 N–H and O–H groups in total. The number of nitrogens with one attached hydrogen (secondary N) is 1. The molecule has 0 aliphatic carbocycles. The molecule has 0 radical (unpaired) electrons. The number of rotatable bonds is 1. The topological polar surface area (TPSA) is 24.4 Å². The summed E-state index contributed by atoms with van der Waals surface area (Å²) in [6.45, 7) is 0. The van der Waals surface area contributed by atoms with Gasteiger partial charge in [0, 0.05) is 6.21 Å². The standard InChI is InChI=1S/C10H10N2/c1-2-5-9(6-3-1)10-7-4-8-11-12-10/h1-8,10,12H. The maximum Gasteiger partial charge on any atom is 0.0874 e. The quantitative estimate of drug-likeness (QED) is 0.663. The van der Waals surface area contributed by atoms with E-state index in [-0.39, 0.29) is 6.04 Å². The van der Waals surface area contributed by atoms with Gasteiger partial charge in [0.15, 0.2) is 0 Å². The van der Waals surface area contributed by atoms with E-state index in [0.717, 1.165) is 0 Å². The molecule has 2 rings (SSSR count). The van der Waals surface area contributed by atoms with E-state index in [2.05, 4.69) is 28.7 Å². The molecule has 0 amide bonds. The van der Waals surface area contributed by atoms with E-state index in [1.54, 1.807) is 6.21 Å². The van der Waals surface area contributed by atoms with Gasteiger partial charge in [0.2, 0.25) is 0 Å². The lowest BCUT2D eigenvalue weighted by Gasteiger charge is -2.14. The van der Waals surface area contributed by atoms with Crippen molar-refractivity contribution in [2.24, 2.45) is 5.10 Å². The van der Waals surface area contributed by atoms with Crippen LogP contribution in [0.5, 0.6) is 0 Å². The largest absolute Gasteiger partial charge is 0.299 e. The molecule has 0 fully saturated rings. The molecule has 0 bridgehead atoms. The van der Waals surface area contributed by atoms with Gasteiger partial charge in [0.1, 0.15) is 0 Å². The van der Waals surface area contributed by atoms with Crippen LogP contribution in [0.1, 0.15) is 11.6 Å². The van der Waals surface area contributed by atoms with E-state index in [1.807, 2.05) is 24.3 Å². The summed E-state index contributed by atoms with van der Waals surface area (Å²) >= 11 is 0. The third kappa shape index (κ3) is 1.37. The first-order chi connectivity index (χ1) is 5.97. The fourth-order valence-electron chi connectivity index (χ4n) is 1.22. The maximum atomic E-state index is 3.97. The van der Waals surface area contributed by atoms with Crippen LogP contribution in [0.15, 0.2) is 47.6 Å². The molecule has 1 heterocycles. The first-order valence-corrected chi connectivity index (χ1v) is 3.97. The number of nitrogens with zero attached hydrogens (tertiary/aromatic N) is 1. The molecule has 1 aromatic carbocycles. The van der Waals surface area contributed by atoms with Gasteiger partial charge in [0.05, 0.1) is 6.04 Å². The minimum Gasteiger partial charge on any atom is -0.299 e. The van der Waals surface area contributed by atoms with Crippen molar-refractivity contribution in [3.05, 3.63) is 48.0 Å². The van der Waals surface area contributed by atoms with Gasteiger partial charge in [-0.2, -0.15) is 5.10 Å². The van der Waals surface area contributed by atoms with Crippen molar-refractivity contribution < 1.29 is 0 Å². The molecular formula is C10H10N2. The first kappa shape index (κ1) is 7.10. The fraction of sp³-hybridized carbons (Fsp3) is 0.100. The number of benzene rings is 1. The summed E-state index contributed by atoms with van der Waals surface area (Å²) in [6, 6.07) is 10.5. The lowest BCUT2D eigenvalue weighted by molar-refractivity contribution is 0.655. The van der Waals surface area contributed by atoms with E-state index >= 15 is 0 Å². The summed E-state index contributed by atoms with van der Waals surface area (Å²) in [4.78, 5) is 0. The van der Waals surface area contributed by atoms with Crippen LogP contribution in [-0.4, -0.2) is 6.21 Å². The molecule has 1 unspecified atom stereocenters. The third-order valence-corrected chi connectivity index (χ3v) is 1.84. The van der Waals surface area contributed by atoms with Crippen molar-refractivity contribution in [3.63, 3.8) is 0 Å². The van der Waals surface area contributed by atoms with Crippen molar-refractivity contribution in [3.8, 4) is 0 Å². The molecule has 0 aromatic heterocycles. The average molecular weight is 158 g/mol. The van der Waals surface area contributed by atoms with Crippen molar-refractivity contribution in [1.82, 2.24) is 5.43 Å². The van der Waals surface area contributed by atoms with Crippen molar-refractivity contribution >= 4 is 6.21 Å². The van der Waals surface area contributed by atoms with Crippen molar-refractivity contribution in [1.29, 1.82) is 0 Å². The second-order valence-corrected chi connectivity index (χ2v) is 2.68. The molecule has 0 saturated carbocycles. The second kappa shape index (κ2) is 3.22. The monoisotopic (exact) mass is 158 g/mol. The van der Waals surface area contributed by atoms with E-state index < -0.39 is 0 Å². The van der Waals surface area contributed by atoms with Gasteiger partial charge in [-0.3, -0.25) is 5.43 Å².